The first-order valence-electron chi connectivity index (χ1n) is 10.8. The fourth-order valence-corrected chi connectivity index (χ4v) is 4.12. The molecule has 1 rings (SSSR count). The van der Waals surface area contributed by atoms with E-state index in [1.807, 2.05) is 19.2 Å². The zero-order chi connectivity index (χ0) is 18.4. The van der Waals surface area contributed by atoms with Crippen LogP contribution < -0.4 is 0 Å². The Morgan fingerprint density at radius 2 is 1.56 bits per heavy atom. The van der Waals surface area contributed by atoms with Crippen LogP contribution in [0.25, 0.3) is 0 Å². The van der Waals surface area contributed by atoms with Crippen molar-refractivity contribution in [3.63, 3.8) is 0 Å². The molecule has 1 aliphatic heterocycles. The van der Waals surface area contributed by atoms with E-state index in [2.05, 4.69) is 18.5 Å². The smallest absolute Gasteiger partial charge is 0.189 e. The summed E-state index contributed by atoms with van der Waals surface area (Å²) in [6, 6.07) is 0. The lowest BCUT2D eigenvalue weighted by atomic mass is 10.0. The highest BCUT2D eigenvalue weighted by atomic mass is 16.3. The molecule has 0 saturated heterocycles. The van der Waals surface area contributed by atoms with Gasteiger partial charge in [-0.1, -0.05) is 63.9 Å². The lowest BCUT2D eigenvalue weighted by Crippen LogP contribution is -2.57. The van der Waals surface area contributed by atoms with Crippen LogP contribution in [-0.4, -0.2) is 41.3 Å². The number of rotatable bonds is 16. The van der Waals surface area contributed by atoms with Crippen molar-refractivity contribution in [2.45, 2.75) is 110 Å². The van der Waals surface area contributed by atoms with Crippen molar-refractivity contribution in [1.82, 2.24) is 0 Å². The van der Waals surface area contributed by atoms with Crippen molar-refractivity contribution in [3.8, 4) is 0 Å². The van der Waals surface area contributed by atoms with Gasteiger partial charge in [0.15, 0.2) is 12.4 Å². The predicted octanol–water partition coefficient (Wildman–Crippen LogP) is 5.83. The molecule has 1 aliphatic rings. The molecule has 0 bridgehead atoms. The fraction of sp³-hybridized carbons (Fsp3) is 0.864. The summed E-state index contributed by atoms with van der Waals surface area (Å²) in [5.41, 5.74) is 0. The average molecular weight is 352 g/mol. The van der Waals surface area contributed by atoms with Gasteiger partial charge in [-0.15, -0.1) is 6.58 Å². The molecule has 0 aliphatic carbocycles. The van der Waals surface area contributed by atoms with E-state index in [0.29, 0.717) is 0 Å². The lowest BCUT2D eigenvalue weighted by molar-refractivity contribution is -0.976. The van der Waals surface area contributed by atoms with Gasteiger partial charge in [0.1, 0.15) is 6.54 Å². The van der Waals surface area contributed by atoms with Crippen molar-refractivity contribution in [1.29, 1.82) is 0 Å². The van der Waals surface area contributed by atoms with Gasteiger partial charge in [0.25, 0.3) is 0 Å². The topological polar surface area (TPSA) is 32.6 Å². The minimum absolute atomic E-state index is 0.283. The van der Waals surface area contributed by atoms with Gasteiger partial charge in [-0.2, -0.15) is 0 Å². The van der Waals surface area contributed by atoms with E-state index in [-0.39, 0.29) is 12.4 Å². The Morgan fingerprint density at radius 3 is 2.04 bits per heavy atom. The van der Waals surface area contributed by atoms with Crippen LogP contribution in [0.3, 0.4) is 0 Å². The molecule has 3 nitrogen and oxygen atoms in total. The van der Waals surface area contributed by atoms with Crippen molar-refractivity contribution in [2.24, 2.45) is 4.99 Å². The fourth-order valence-electron chi connectivity index (χ4n) is 4.12. The van der Waals surface area contributed by atoms with Gasteiger partial charge in [0, 0.05) is 13.3 Å². The number of aliphatic hydroxyl groups excluding tert-OH is 1. The van der Waals surface area contributed by atoms with Gasteiger partial charge in [-0.3, -0.25) is 4.48 Å². The molecular formula is C22H43N2O+. The summed E-state index contributed by atoms with van der Waals surface area (Å²) < 4.78 is 0.743. The molecule has 3 heteroatoms. The maximum absolute atomic E-state index is 10.2. The third-order valence-corrected chi connectivity index (χ3v) is 6.00. The second-order valence-electron chi connectivity index (χ2n) is 7.80. The maximum Gasteiger partial charge on any atom is 0.189 e. The zero-order valence-electron chi connectivity index (χ0n) is 17.0. The zero-order valence-corrected chi connectivity index (χ0v) is 17.0. The molecule has 0 spiro atoms. The minimum atomic E-state index is -0.311. The predicted molar refractivity (Wildman–Crippen MR) is 110 cm³/mol. The first-order chi connectivity index (χ1) is 12.2. The number of unbranched alkanes of at least 4 members (excludes halogenated alkanes) is 11. The Hall–Kier alpha value is -0.670. The van der Waals surface area contributed by atoms with Crippen LogP contribution in [0.4, 0.5) is 0 Å². The largest absolute Gasteiger partial charge is 0.345 e. The number of nitrogens with zero attached hydrogens (tertiary/aromatic N) is 2. The number of hydrogen-bond acceptors (Lipinski definition) is 2. The summed E-state index contributed by atoms with van der Waals surface area (Å²) in [7, 11) is 0. The SMILES string of the molecule is C=CCCCCCCCCCCCCCC1N=CC[N+]1(CC)C(C)O. The van der Waals surface area contributed by atoms with E-state index in [9.17, 15) is 5.11 Å². The van der Waals surface area contributed by atoms with Gasteiger partial charge in [-0.05, 0) is 26.2 Å². The van der Waals surface area contributed by atoms with E-state index in [1.165, 1.54) is 77.0 Å². The van der Waals surface area contributed by atoms with Crippen LogP contribution in [0.2, 0.25) is 0 Å². The molecule has 0 aromatic heterocycles. The van der Waals surface area contributed by atoms with Crippen LogP contribution in [0.15, 0.2) is 17.6 Å². The van der Waals surface area contributed by atoms with Crippen LogP contribution in [0, 0.1) is 0 Å². The highest BCUT2D eigenvalue weighted by Crippen LogP contribution is 2.26. The van der Waals surface area contributed by atoms with E-state index in [0.717, 1.165) is 24.0 Å². The highest BCUT2D eigenvalue weighted by Gasteiger charge is 2.41. The normalized spacial score (nSPS) is 23.9. The van der Waals surface area contributed by atoms with Crippen LogP contribution in [-0.2, 0) is 0 Å². The Bertz CT molecular complexity index is 367. The molecule has 0 radical (unpaired) electrons. The number of hydrogen-bond donors (Lipinski definition) is 1. The summed E-state index contributed by atoms with van der Waals surface area (Å²) in [6.07, 6.45) is 21.4. The summed E-state index contributed by atoms with van der Waals surface area (Å²) in [6.45, 7) is 9.73. The van der Waals surface area contributed by atoms with Crippen LogP contribution >= 0.6 is 0 Å². The number of aliphatic imine (C=N–C) groups is 1. The monoisotopic (exact) mass is 351 g/mol. The number of allylic oxidation sites excluding steroid dienone is 1. The van der Waals surface area contributed by atoms with Gasteiger partial charge < -0.3 is 5.11 Å². The lowest BCUT2D eigenvalue weighted by Gasteiger charge is -2.40. The van der Waals surface area contributed by atoms with E-state index in [1.54, 1.807) is 0 Å². The van der Waals surface area contributed by atoms with Crippen molar-refractivity contribution in [3.05, 3.63) is 12.7 Å². The molecule has 1 N–H and O–H groups in total. The summed E-state index contributed by atoms with van der Waals surface area (Å²) >= 11 is 0. The molecule has 1 heterocycles. The highest BCUT2D eigenvalue weighted by molar-refractivity contribution is 5.60. The standard InChI is InChI=1S/C22H43N2O/c1-4-6-7-8-9-10-11-12-13-14-15-16-17-18-22-23-19-20-24(22,5-2)21(3)25/h4,19,21-22,25H,1,5-18,20H2,2-3H3/q+1. The number of aliphatic hydroxyl groups is 1. The van der Waals surface area contributed by atoms with Crippen molar-refractivity contribution >= 4 is 6.21 Å². The molecular weight excluding hydrogens is 308 g/mol. The van der Waals surface area contributed by atoms with Gasteiger partial charge in [-0.25, -0.2) is 4.99 Å². The molecule has 0 aromatic rings. The third kappa shape index (κ3) is 8.04. The first-order valence-corrected chi connectivity index (χ1v) is 10.8. The molecule has 146 valence electrons. The molecule has 0 aromatic carbocycles. The summed E-state index contributed by atoms with van der Waals surface area (Å²) in [5, 5.41) is 10.2. The van der Waals surface area contributed by atoms with Crippen LogP contribution in [0.1, 0.15) is 97.3 Å². The molecule has 0 amide bonds. The first kappa shape index (κ1) is 22.4. The Balaban J connectivity index is 1.95. The van der Waals surface area contributed by atoms with Crippen LogP contribution in [0.5, 0.6) is 0 Å². The Kier molecular flexibility index (Phi) is 12.1. The van der Waals surface area contributed by atoms with E-state index in [4.69, 9.17) is 0 Å². The number of quaternary nitrogens is 1. The van der Waals surface area contributed by atoms with Gasteiger partial charge >= 0.3 is 0 Å². The summed E-state index contributed by atoms with van der Waals surface area (Å²) in [4.78, 5) is 4.66. The summed E-state index contributed by atoms with van der Waals surface area (Å²) in [5.74, 6) is 0. The van der Waals surface area contributed by atoms with E-state index < -0.39 is 0 Å². The van der Waals surface area contributed by atoms with Gasteiger partial charge in [0.2, 0.25) is 0 Å². The molecule has 0 saturated carbocycles. The van der Waals surface area contributed by atoms with Crippen molar-refractivity contribution in [2.75, 3.05) is 13.1 Å². The minimum Gasteiger partial charge on any atom is -0.345 e. The second-order valence-corrected chi connectivity index (χ2v) is 7.80. The Morgan fingerprint density at radius 1 is 1.04 bits per heavy atom. The second kappa shape index (κ2) is 13.5. The molecule has 25 heavy (non-hydrogen) atoms. The molecule has 3 atom stereocenters. The molecule has 0 fully saturated rings. The quantitative estimate of drug-likeness (QED) is 0.212. The average Bonchev–Trinajstić information content (AvgIpc) is 3.03. The Labute approximate surface area is 156 Å². The van der Waals surface area contributed by atoms with Crippen molar-refractivity contribution < 1.29 is 9.59 Å². The van der Waals surface area contributed by atoms with E-state index >= 15 is 0 Å². The van der Waals surface area contributed by atoms with Gasteiger partial charge in [0.05, 0.1) is 12.8 Å². The molecule has 3 unspecified atom stereocenters. The third-order valence-electron chi connectivity index (χ3n) is 6.00. The maximum atomic E-state index is 10.2.